The molecule has 0 aromatic rings. The maximum absolute atomic E-state index is 11.2. The Labute approximate surface area is 87.2 Å². The third-order valence-corrected chi connectivity index (χ3v) is 4.35. The summed E-state index contributed by atoms with van der Waals surface area (Å²) in [6.45, 7) is 6.50. The molecule has 1 heterocycles. The number of sulfone groups is 1. The van der Waals surface area contributed by atoms with E-state index in [-0.39, 0.29) is 6.04 Å². The molecule has 1 fully saturated rings. The van der Waals surface area contributed by atoms with E-state index in [4.69, 9.17) is 0 Å². The maximum Gasteiger partial charge on any atom is 0.151 e. The van der Waals surface area contributed by atoms with Crippen molar-refractivity contribution in [3.05, 3.63) is 0 Å². The minimum atomic E-state index is -2.73. The summed E-state index contributed by atoms with van der Waals surface area (Å²) >= 11 is 0. The van der Waals surface area contributed by atoms with Crippen LogP contribution in [-0.2, 0) is 9.84 Å². The molecule has 0 unspecified atom stereocenters. The minimum absolute atomic E-state index is 0.189. The van der Waals surface area contributed by atoms with Crippen LogP contribution in [0.3, 0.4) is 0 Å². The van der Waals surface area contributed by atoms with Gasteiger partial charge < -0.3 is 5.32 Å². The second-order valence-electron chi connectivity index (χ2n) is 4.80. The molecule has 0 bridgehead atoms. The third kappa shape index (κ3) is 3.96. The van der Waals surface area contributed by atoms with Crippen LogP contribution in [0.4, 0.5) is 0 Å². The molecule has 2 atom stereocenters. The smallest absolute Gasteiger partial charge is 0.151 e. The standard InChI is InChI=1S/C10H21NO2S/c1-8(2)6-9(3)11-10-4-5-14(12,13)7-10/h8-11H,4-7H2,1-3H3/t9-,10-/m1/s1. The molecular weight excluding hydrogens is 198 g/mol. The van der Waals surface area contributed by atoms with Gasteiger partial charge in [0.05, 0.1) is 11.5 Å². The number of rotatable bonds is 4. The molecule has 0 radical (unpaired) electrons. The van der Waals surface area contributed by atoms with Gasteiger partial charge in [0.25, 0.3) is 0 Å². The van der Waals surface area contributed by atoms with Crippen LogP contribution in [0.5, 0.6) is 0 Å². The number of nitrogens with one attached hydrogen (secondary N) is 1. The predicted octanol–water partition coefficient (Wildman–Crippen LogP) is 1.20. The second kappa shape index (κ2) is 4.62. The summed E-state index contributed by atoms with van der Waals surface area (Å²) in [6.07, 6.45) is 1.89. The lowest BCUT2D eigenvalue weighted by Crippen LogP contribution is -2.37. The molecule has 1 rings (SSSR count). The van der Waals surface area contributed by atoms with Crippen LogP contribution in [0.2, 0.25) is 0 Å². The molecule has 0 aromatic heterocycles. The molecule has 0 amide bonds. The summed E-state index contributed by atoms with van der Waals surface area (Å²) in [6, 6.07) is 0.613. The first-order valence-corrected chi connectivity index (χ1v) is 7.17. The Morgan fingerprint density at radius 1 is 1.36 bits per heavy atom. The second-order valence-corrected chi connectivity index (χ2v) is 7.03. The van der Waals surface area contributed by atoms with Gasteiger partial charge in [-0.2, -0.15) is 0 Å². The Balaban J connectivity index is 2.32. The zero-order chi connectivity index (χ0) is 10.8. The molecule has 1 saturated heterocycles. The normalized spacial score (nSPS) is 28.1. The zero-order valence-electron chi connectivity index (χ0n) is 9.29. The van der Waals surface area contributed by atoms with E-state index in [1.54, 1.807) is 0 Å². The Bertz CT molecular complexity index is 272. The topological polar surface area (TPSA) is 46.2 Å². The quantitative estimate of drug-likeness (QED) is 0.773. The van der Waals surface area contributed by atoms with Gasteiger partial charge >= 0.3 is 0 Å². The highest BCUT2D eigenvalue weighted by Crippen LogP contribution is 2.13. The van der Waals surface area contributed by atoms with Gasteiger partial charge in [-0.25, -0.2) is 8.42 Å². The van der Waals surface area contributed by atoms with Gasteiger partial charge in [0.2, 0.25) is 0 Å². The van der Waals surface area contributed by atoms with Crippen molar-refractivity contribution in [1.29, 1.82) is 0 Å². The summed E-state index contributed by atoms with van der Waals surface area (Å²) in [7, 11) is -2.73. The minimum Gasteiger partial charge on any atom is -0.310 e. The fraction of sp³-hybridized carbons (Fsp3) is 1.00. The van der Waals surface area contributed by atoms with Crippen LogP contribution in [-0.4, -0.2) is 32.0 Å². The SMILES string of the molecule is CC(C)C[C@@H](C)N[C@@H]1CCS(=O)(=O)C1. The van der Waals surface area contributed by atoms with Crippen LogP contribution >= 0.6 is 0 Å². The highest BCUT2D eigenvalue weighted by Gasteiger charge is 2.28. The fourth-order valence-corrected chi connectivity index (χ4v) is 3.79. The van der Waals surface area contributed by atoms with Crippen LogP contribution in [0.25, 0.3) is 0 Å². The van der Waals surface area contributed by atoms with Crippen molar-refractivity contribution in [2.75, 3.05) is 11.5 Å². The zero-order valence-corrected chi connectivity index (χ0v) is 10.1. The summed E-state index contributed by atoms with van der Waals surface area (Å²) in [5.41, 5.74) is 0. The van der Waals surface area contributed by atoms with E-state index in [2.05, 4.69) is 26.1 Å². The molecule has 0 saturated carbocycles. The van der Waals surface area contributed by atoms with Crippen molar-refractivity contribution < 1.29 is 8.42 Å². The number of hydrogen-bond donors (Lipinski definition) is 1. The van der Waals surface area contributed by atoms with Crippen LogP contribution in [0, 0.1) is 5.92 Å². The summed E-state index contributed by atoms with van der Waals surface area (Å²) in [5.74, 6) is 1.35. The number of hydrogen-bond acceptors (Lipinski definition) is 3. The fourth-order valence-electron chi connectivity index (χ4n) is 2.10. The molecule has 14 heavy (non-hydrogen) atoms. The van der Waals surface area contributed by atoms with E-state index in [0.717, 1.165) is 12.8 Å². The summed E-state index contributed by atoms with van der Waals surface area (Å²) < 4.78 is 22.4. The average Bonchev–Trinajstić information content (AvgIpc) is 2.27. The van der Waals surface area contributed by atoms with Gasteiger partial charge in [0, 0.05) is 12.1 Å². The highest BCUT2D eigenvalue weighted by molar-refractivity contribution is 7.91. The lowest BCUT2D eigenvalue weighted by atomic mass is 10.0. The van der Waals surface area contributed by atoms with Gasteiger partial charge in [0.1, 0.15) is 0 Å². The molecule has 0 spiro atoms. The van der Waals surface area contributed by atoms with Crippen molar-refractivity contribution >= 4 is 9.84 Å². The largest absolute Gasteiger partial charge is 0.310 e. The molecule has 0 aliphatic carbocycles. The summed E-state index contributed by atoms with van der Waals surface area (Å²) in [4.78, 5) is 0. The monoisotopic (exact) mass is 219 g/mol. The Kier molecular flexibility index (Phi) is 3.95. The first-order valence-electron chi connectivity index (χ1n) is 5.35. The highest BCUT2D eigenvalue weighted by atomic mass is 32.2. The van der Waals surface area contributed by atoms with Crippen molar-refractivity contribution in [3.63, 3.8) is 0 Å². The van der Waals surface area contributed by atoms with Crippen LogP contribution in [0.15, 0.2) is 0 Å². The molecule has 1 aliphatic heterocycles. The molecule has 1 aliphatic rings. The summed E-state index contributed by atoms with van der Waals surface area (Å²) in [5, 5.41) is 3.39. The van der Waals surface area contributed by atoms with Gasteiger partial charge in [-0.05, 0) is 25.7 Å². The van der Waals surface area contributed by atoms with Crippen molar-refractivity contribution in [1.82, 2.24) is 5.32 Å². The average molecular weight is 219 g/mol. The van der Waals surface area contributed by atoms with E-state index in [0.29, 0.717) is 23.5 Å². The van der Waals surface area contributed by atoms with Gasteiger partial charge in [-0.1, -0.05) is 13.8 Å². The third-order valence-electron chi connectivity index (χ3n) is 2.58. The predicted molar refractivity (Wildman–Crippen MR) is 59.1 cm³/mol. The molecule has 1 N–H and O–H groups in total. The molecule has 84 valence electrons. The molecule has 0 aromatic carbocycles. The first-order chi connectivity index (χ1) is 6.39. The van der Waals surface area contributed by atoms with E-state index in [1.807, 2.05) is 0 Å². The van der Waals surface area contributed by atoms with Crippen molar-refractivity contribution in [2.24, 2.45) is 5.92 Å². The maximum atomic E-state index is 11.2. The molecule has 3 nitrogen and oxygen atoms in total. The van der Waals surface area contributed by atoms with E-state index < -0.39 is 9.84 Å². The Morgan fingerprint density at radius 2 is 2.00 bits per heavy atom. The van der Waals surface area contributed by atoms with Gasteiger partial charge in [-0.3, -0.25) is 0 Å². The van der Waals surface area contributed by atoms with Crippen LogP contribution < -0.4 is 5.32 Å². The van der Waals surface area contributed by atoms with E-state index in [1.165, 1.54) is 0 Å². The van der Waals surface area contributed by atoms with Crippen LogP contribution in [0.1, 0.15) is 33.6 Å². The van der Waals surface area contributed by atoms with E-state index in [9.17, 15) is 8.42 Å². The molecule has 4 heteroatoms. The van der Waals surface area contributed by atoms with E-state index >= 15 is 0 Å². The Morgan fingerprint density at radius 3 is 2.43 bits per heavy atom. The first kappa shape index (κ1) is 12.0. The van der Waals surface area contributed by atoms with Gasteiger partial charge in [-0.15, -0.1) is 0 Å². The van der Waals surface area contributed by atoms with Gasteiger partial charge in [0.15, 0.2) is 9.84 Å². The lowest BCUT2D eigenvalue weighted by Gasteiger charge is -2.19. The Hall–Kier alpha value is -0.0900. The van der Waals surface area contributed by atoms with Crippen molar-refractivity contribution in [2.45, 2.75) is 45.7 Å². The molecular formula is C10H21NO2S. The van der Waals surface area contributed by atoms with Crippen molar-refractivity contribution in [3.8, 4) is 0 Å². The lowest BCUT2D eigenvalue weighted by molar-refractivity contribution is 0.404.